The molecule has 0 amide bonds. The second-order valence-corrected chi connectivity index (χ2v) is 11.9. The van der Waals surface area contributed by atoms with Crippen LogP contribution in [0.3, 0.4) is 0 Å². The van der Waals surface area contributed by atoms with Gasteiger partial charge >= 0.3 is 11.7 Å². The van der Waals surface area contributed by atoms with E-state index in [0.29, 0.717) is 18.6 Å². The number of hydrogen-bond acceptors (Lipinski definition) is 7. The third kappa shape index (κ3) is 7.01. The largest absolute Gasteiger partial charge is 0.458 e. The summed E-state index contributed by atoms with van der Waals surface area (Å²) in [5.74, 6) is -0.651. The van der Waals surface area contributed by atoms with Gasteiger partial charge in [0.2, 0.25) is 0 Å². The predicted molar refractivity (Wildman–Crippen MR) is 172 cm³/mol. The standard InChI is InChI=1S/C36H41N3O6/c1-24(2)32(37)34(41)45-29-21-31(39-22-25(3)33(40)38-35(39)42)44-30(29)23-43-20-19-36(26-13-7-4-8-14-26,27-15-9-5-10-16-27)28-17-11-6-12-18-28/h4-18,22,24,29-32H,19-21,23,37H2,1-3H3,(H,38,40,42)/t29-,30+,31+,32?/m0/s1. The fourth-order valence-corrected chi connectivity index (χ4v) is 5.97. The molecule has 1 aliphatic heterocycles. The second-order valence-electron chi connectivity index (χ2n) is 11.9. The molecule has 4 atom stereocenters. The molecule has 45 heavy (non-hydrogen) atoms. The van der Waals surface area contributed by atoms with E-state index in [1.54, 1.807) is 6.92 Å². The van der Waals surface area contributed by atoms with Gasteiger partial charge in [0, 0.05) is 30.2 Å². The van der Waals surface area contributed by atoms with Crippen molar-refractivity contribution < 1.29 is 19.0 Å². The number of aromatic nitrogens is 2. The third-order valence-corrected chi connectivity index (χ3v) is 8.60. The lowest BCUT2D eigenvalue weighted by Gasteiger charge is -2.36. The first-order valence-electron chi connectivity index (χ1n) is 15.4. The Morgan fingerprint density at radius 3 is 2.00 bits per heavy atom. The van der Waals surface area contributed by atoms with Crippen LogP contribution in [0.2, 0.25) is 0 Å². The zero-order valence-corrected chi connectivity index (χ0v) is 25.9. The first-order chi connectivity index (χ1) is 21.7. The maximum Gasteiger partial charge on any atom is 0.330 e. The van der Waals surface area contributed by atoms with Crippen molar-refractivity contribution in [2.24, 2.45) is 11.7 Å². The fraction of sp³-hybridized carbons (Fsp3) is 0.361. The van der Waals surface area contributed by atoms with Gasteiger partial charge in [-0.2, -0.15) is 0 Å². The van der Waals surface area contributed by atoms with E-state index in [4.69, 9.17) is 19.9 Å². The summed E-state index contributed by atoms with van der Waals surface area (Å²) in [6, 6.07) is 30.4. The van der Waals surface area contributed by atoms with Crippen LogP contribution in [0.1, 0.15) is 55.2 Å². The molecule has 9 heteroatoms. The number of esters is 1. The number of ether oxygens (including phenoxy) is 3. The zero-order valence-electron chi connectivity index (χ0n) is 25.9. The molecule has 1 aliphatic rings. The summed E-state index contributed by atoms with van der Waals surface area (Å²) in [6.07, 6.45) is 0.180. The van der Waals surface area contributed by atoms with Gasteiger partial charge in [-0.3, -0.25) is 19.1 Å². The molecular weight excluding hydrogens is 570 g/mol. The fourth-order valence-electron chi connectivity index (χ4n) is 5.97. The SMILES string of the molecule is Cc1cn([C@H]2C[C@H](OC(=O)C(N)C(C)C)[C@@H](COCCC(c3ccccc3)(c3ccccc3)c3ccccc3)O2)c(=O)[nH]c1=O. The van der Waals surface area contributed by atoms with Crippen LogP contribution in [0.5, 0.6) is 0 Å². The highest BCUT2D eigenvalue weighted by Gasteiger charge is 2.41. The summed E-state index contributed by atoms with van der Waals surface area (Å²) < 4.78 is 19.7. The van der Waals surface area contributed by atoms with Crippen molar-refractivity contribution in [3.8, 4) is 0 Å². The molecule has 236 valence electrons. The van der Waals surface area contributed by atoms with Crippen molar-refractivity contribution in [2.45, 2.75) is 63.5 Å². The second kappa shape index (κ2) is 14.2. The Labute approximate surface area is 263 Å². The lowest BCUT2D eigenvalue weighted by atomic mass is 9.67. The topological polar surface area (TPSA) is 126 Å². The molecule has 2 heterocycles. The van der Waals surface area contributed by atoms with E-state index in [1.165, 1.54) is 10.8 Å². The van der Waals surface area contributed by atoms with Gasteiger partial charge in [-0.15, -0.1) is 0 Å². The first-order valence-corrected chi connectivity index (χ1v) is 15.4. The molecule has 0 spiro atoms. The molecule has 0 saturated carbocycles. The Bertz CT molecular complexity index is 1570. The molecule has 1 fully saturated rings. The molecule has 1 aromatic heterocycles. The van der Waals surface area contributed by atoms with Crippen molar-refractivity contribution in [2.75, 3.05) is 13.2 Å². The molecule has 1 saturated heterocycles. The van der Waals surface area contributed by atoms with Crippen LogP contribution < -0.4 is 17.0 Å². The van der Waals surface area contributed by atoms with Crippen LogP contribution in [0, 0.1) is 12.8 Å². The zero-order chi connectivity index (χ0) is 32.0. The minimum atomic E-state index is -0.799. The molecule has 9 nitrogen and oxygen atoms in total. The highest BCUT2D eigenvalue weighted by atomic mass is 16.6. The molecule has 0 aliphatic carbocycles. The predicted octanol–water partition coefficient (Wildman–Crippen LogP) is 4.47. The highest BCUT2D eigenvalue weighted by Crippen LogP contribution is 2.42. The summed E-state index contributed by atoms with van der Waals surface area (Å²) in [6.45, 7) is 5.80. The van der Waals surface area contributed by atoms with Crippen LogP contribution in [-0.2, 0) is 24.4 Å². The maximum absolute atomic E-state index is 12.9. The number of aryl methyl sites for hydroxylation is 1. The Balaban J connectivity index is 1.39. The smallest absolute Gasteiger partial charge is 0.330 e. The average molecular weight is 612 g/mol. The Morgan fingerprint density at radius 2 is 1.49 bits per heavy atom. The van der Waals surface area contributed by atoms with E-state index in [2.05, 4.69) is 41.4 Å². The third-order valence-electron chi connectivity index (χ3n) is 8.60. The number of nitrogens with zero attached hydrogens (tertiary/aromatic N) is 1. The van der Waals surface area contributed by atoms with Crippen molar-refractivity contribution in [1.29, 1.82) is 0 Å². The van der Waals surface area contributed by atoms with Crippen molar-refractivity contribution >= 4 is 5.97 Å². The maximum atomic E-state index is 12.9. The molecular formula is C36H41N3O6. The van der Waals surface area contributed by atoms with Crippen LogP contribution in [0.15, 0.2) is 107 Å². The lowest BCUT2D eigenvalue weighted by Crippen LogP contribution is -2.41. The number of aromatic amines is 1. The van der Waals surface area contributed by atoms with Crippen LogP contribution in [-0.4, -0.2) is 47.0 Å². The monoisotopic (exact) mass is 611 g/mol. The van der Waals surface area contributed by atoms with E-state index < -0.39 is 47.1 Å². The number of carbonyl (C=O) groups excluding carboxylic acids is 1. The molecule has 5 rings (SSSR count). The lowest BCUT2D eigenvalue weighted by molar-refractivity contribution is -0.156. The summed E-state index contributed by atoms with van der Waals surface area (Å²) in [5.41, 5.74) is 8.34. The first kappa shape index (κ1) is 32.1. The summed E-state index contributed by atoms with van der Waals surface area (Å²) in [7, 11) is 0. The molecule has 0 radical (unpaired) electrons. The van der Waals surface area contributed by atoms with Gasteiger partial charge in [-0.05, 0) is 36.0 Å². The van der Waals surface area contributed by atoms with Gasteiger partial charge < -0.3 is 19.9 Å². The number of carbonyl (C=O) groups is 1. The van der Waals surface area contributed by atoms with E-state index in [1.807, 2.05) is 68.4 Å². The van der Waals surface area contributed by atoms with Crippen LogP contribution >= 0.6 is 0 Å². The van der Waals surface area contributed by atoms with Gasteiger partial charge in [-0.1, -0.05) is 105 Å². The number of H-pyrrole nitrogens is 1. The van der Waals surface area contributed by atoms with E-state index >= 15 is 0 Å². The molecule has 3 N–H and O–H groups in total. The number of nitrogens with two attached hydrogens (primary N) is 1. The number of nitrogens with one attached hydrogen (secondary N) is 1. The van der Waals surface area contributed by atoms with Crippen LogP contribution in [0.4, 0.5) is 0 Å². The Morgan fingerprint density at radius 1 is 0.956 bits per heavy atom. The van der Waals surface area contributed by atoms with Crippen molar-refractivity contribution in [1.82, 2.24) is 9.55 Å². The van der Waals surface area contributed by atoms with E-state index in [9.17, 15) is 14.4 Å². The quantitative estimate of drug-likeness (QED) is 0.138. The van der Waals surface area contributed by atoms with Gasteiger partial charge in [0.15, 0.2) is 0 Å². The Kier molecular flexibility index (Phi) is 10.1. The van der Waals surface area contributed by atoms with E-state index in [-0.39, 0.29) is 18.9 Å². The van der Waals surface area contributed by atoms with Gasteiger partial charge in [-0.25, -0.2) is 4.79 Å². The van der Waals surface area contributed by atoms with Crippen LogP contribution in [0.25, 0.3) is 0 Å². The molecule has 0 bridgehead atoms. The Hall–Kier alpha value is -4.31. The van der Waals surface area contributed by atoms with Gasteiger partial charge in [0.05, 0.1) is 6.61 Å². The summed E-state index contributed by atoms with van der Waals surface area (Å²) in [4.78, 5) is 39.8. The minimum Gasteiger partial charge on any atom is -0.458 e. The van der Waals surface area contributed by atoms with Gasteiger partial charge in [0.25, 0.3) is 5.56 Å². The molecule has 1 unspecified atom stereocenters. The number of hydrogen-bond donors (Lipinski definition) is 2. The molecule has 3 aromatic carbocycles. The van der Waals surface area contributed by atoms with E-state index in [0.717, 1.165) is 16.7 Å². The van der Waals surface area contributed by atoms with Gasteiger partial charge in [0.1, 0.15) is 24.5 Å². The summed E-state index contributed by atoms with van der Waals surface area (Å²) in [5, 5.41) is 0. The summed E-state index contributed by atoms with van der Waals surface area (Å²) >= 11 is 0. The number of benzene rings is 3. The normalized spacial score (nSPS) is 19.0. The number of rotatable bonds is 12. The molecule has 4 aromatic rings. The van der Waals surface area contributed by atoms with Crippen molar-refractivity contribution in [3.05, 3.63) is 140 Å². The minimum absolute atomic E-state index is 0.114. The highest BCUT2D eigenvalue weighted by molar-refractivity contribution is 5.76. The van der Waals surface area contributed by atoms with Crippen molar-refractivity contribution in [3.63, 3.8) is 0 Å². The average Bonchev–Trinajstić information content (AvgIpc) is 3.45.